The Labute approximate surface area is 125 Å². The van der Waals surface area contributed by atoms with Gasteiger partial charge in [0.1, 0.15) is 0 Å². The zero-order valence-electron chi connectivity index (χ0n) is 12.4. The van der Waals surface area contributed by atoms with Crippen LogP contribution >= 0.6 is 0 Å². The number of aliphatic hydroxyl groups is 1. The first-order valence-corrected chi connectivity index (χ1v) is 7.57. The van der Waals surface area contributed by atoms with Crippen molar-refractivity contribution in [3.8, 4) is 0 Å². The van der Waals surface area contributed by atoms with Crippen molar-refractivity contribution < 1.29 is 9.84 Å². The average Bonchev–Trinajstić information content (AvgIpc) is 2.92. The van der Waals surface area contributed by atoms with Crippen LogP contribution in [-0.2, 0) is 18.4 Å². The Morgan fingerprint density at radius 2 is 2.05 bits per heavy atom. The minimum absolute atomic E-state index is 0.00922. The van der Waals surface area contributed by atoms with Crippen LogP contribution in [0.1, 0.15) is 36.4 Å². The number of hydrogen-bond donors (Lipinski definition) is 1. The smallest absolute Gasteiger partial charge is 0.0720 e. The number of ether oxygens (including phenoxy) is 1. The first-order chi connectivity index (χ1) is 10.3. The standard InChI is InChI=1S/C17H22N2O2/c1-19-14(10-11-18-19)17-15(20)8-5-9-16(17)21-12-13-6-3-2-4-7-13/h2-4,6-7,10-11,15-17,20H,5,8-9,12H2,1H3. The summed E-state index contributed by atoms with van der Waals surface area (Å²) in [6.07, 6.45) is 4.31. The lowest BCUT2D eigenvalue weighted by molar-refractivity contribution is -0.0446. The minimum atomic E-state index is -0.352. The normalized spacial score (nSPS) is 25.9. The van der Waals surface area contributed by atoms with Crippen LogP contribution in [0, 0.1) is 0 Å². The summed E-state index contributed by atoms with van der Waals surface area (Å²) in [6.45, 7) is 0.590. The Hall–Kier alpha value is -1.65. The number of aromatic nitrogens is 2. The predicted molar refractivity (Wildman–Crippen MR) is 80.8 cm³/mol. The number of nitrogens with zero attached hydrogens (tertiary/aromatic N) is 2. The number of rotatable bonds is 4. The lowest BCUT2D eigenvalue weighted by Gasteiger charge is -2.35. The number of hydrogen-bond acceptors (Lipinski definition) is 3. The largest absolute Gasteiger partial charge is 0.392 e. The third kappa shape index (κ3) is 3.17. The fourth-order valence-electron chi connectivity index (χ4n) is 3.20. The summed E-state index contributed by atoms with van der Waals surface area (Å²) in [4.78, 5) is 0. The third-order valence-electron chi connectivity index (χ3n) is 4.31. The first kappa shape index (κ1) is 14.3. The van der Waals surface area contributed by atoms with Gasteiger partial charge in [0.05, 0.1) is 24.7 Å². The molecule has 1 heterocycles. The molecule has 21 heavy (non-hydrogen) atoms. The van der Waals surface area contributed by atoms with Gasteiger partial charge in [0.2, 0.25) is 0 Å². The predicted octanol–water partition coefficient (Wildman–Crippen LogP) is 2.63. The van der Waals surface area contributed by atoms with Crippen LogP contribution < -0.4 is 0 Å². The summed E-state index contributed by atoms with van der Waals surface area (Å²) in [5, 5.41) is 14.6. The summed E-state index contributed by atoms with van der Waals surface area (Å²) < 4.78 is 7.98. The van der Waals surface area contributed by atoms with Crippen LogP contribution in [0.4, 0.5) is 0 Å². The average molecular weight is 286 g/mol. The molecule has 3 unspecified atom stereocenters. The van der Waals surface area contributed by atoms with Gasteiger partial charge >= 0.3 is 0 Å². The van der Waals surface area contributed by atoms with E-state index in [0.29, 0.717) is 6.61 Å². The molecular weight excluding hydrogens is 264 g/mol. The van der Waals surface area contributed by atoms with E-state index in [1.807, 2.05) is 36.0 Å². The molecule has 112 valence electrons. The summed E-state index contributed by atoms with van der Waals surface area (Å²) in [6, 6.07) is 12.2. The maximum Gasteiger partial charge on any atom is 0.0720 e. The summed E-state index contributed by atoms with van der Waals surface area (Å²) in [7, 11) is 1.92. The molecule has 0 saturated heterocycles. The van der Waals surface area contributed by atoms with Crippen LogP contribution in [0.5, 0.6) is 0 Å². The monoisotopic (exact) mass is 286 g/mol. The molecule has 1 aromatic carbocycles. The van der Waals surface area contributed by atoms with Crippen LogP contribution in [0.3, 0.4) is 0 Å². The van der Waals surface area contributed by atoms with Crippen molar-refractivity contribution in [1.29, 1.82) is 0 Å². The molecule has 0 bridgehead atoms. The Bertz CT molecular complexity index is 567. The molecule has 0 amide bonds. The van der Waals surface area contributed by atoms with Crippen molar-refractivity contribution >= 4 is 0 Å². The van der Waals surface area contributed by atoms with Gasteiger partial charge in [-0.15, -0.1) is 0 Å². The molecule has 2 aromatic rings. The highest BCUT2D eigenvalue weighted by Crippen LogP contribution is 2.35. The van der Waals surface area contributed by atoms with Crippen molar-refractivity contribution in [1.82, 2.24) is 9.78 Å². The van der Waals surface area contributed by atoms with Gasteiger partial charge in [0.25, 0.3) is 0 Å². The van der Waals surface area contributed by atoms with Crippen LogP contribution in [0.2, 0.25) is 0 Å². The van der Waals surface area contributed by atoms with Gasteiger partial charge in [-0.3, -0.25) is 4.68 Å². The fourth-order valence-corrected chi connectivity index (χ4v) is 3.20. The summed E-state index contributed by atoms with van der Waals surface area (Å²) in [5.74, 6) is 0.00922. The molecule has 1 N–H and O–H groups in total. The third-order valence-corrected chi connectivity index (χ3v) is 4.31. The van der Waals surface area contributed by atoms with Crippen molar-refractivity contribution in [2.24, 2.45) is 7.05 Å². The molecule has 1 aliphatic rings. The quantitative estimate of drug-likeness (QED) is 0.940. The molecule has 1 aliphatic carbocycles. The van der Waals surface area contributed by atoms with Gasteiger partial charge in [0.15, 0.2) is 0 Å². The topological polar surface area (TPSA) is 47.3 Å². The first-order valence-electron chi connectivity index (χ1n) is 7.57. The molecule has 1 fully saturated rings. The Balaban J connectivity index is 1.74. The Kier molecular flexibility index (Phi) is 4.36. The van der Waals surface area contributed by atoms with E-state index in [-0.39, 0.29) is 18.1 Å². The highest BCUT2D eigenvalue weighted by molar-refractivity contribution is 5.15. The second kappa shape index (κ2) is 6.41. The van der Waals surface area contributed by atoms with E-state index < -0.39 is 0 Å². The molecular formula is C17H22N2O2. The van der Waals surface area contributed by atoms with Crippen molar-refractivity contribution in [2.75, 3.05) is 0 Å². The SMILES string of the molecule is Cn1nccc1C1C(O)CCCC1OCc1ccccc1. The lowest BCUT2D eigenvalue weighted by atomic mass is 9.81. The van der Waals surface area contributed by atoms with Gasteiger partial charge in [-0.2, -0.15) is 5.10 Å². The Morgan fingerprint density at radius 3 is 2.76 bits per heavy atom. The van der Waals surface area contributed by atoms with E-state index in [4.69, 9.17) is 4.74 Å². The molecule has 0 spiro atoms. The molecule has 3 atom stereocenters. The van der Waals surface area contributed by atoms with Crippen LogP contribution in [-0.4, -0.2) is 27.1 Å². The highest BCUT2D eigenvalue weighted by Gasteiger charge is 2.35. The number of benzene rings is 1. The van der Waals surface area contributed by atoms with E-state index in [9.17, 15) is 5.11 Å². The van der Waals surface area contributed by atoms with E-state index in [1.54, 1.807) is 6.20 Å². The second-order valence-electron chi connectivity index (χ2n) is 5.74. The number of aryl methyl sites for hydroxylation is 1. The number of aliphatic hydroxyl groups excluding tert-OH is 1. The van der Waals surface area contributed by atoms with Gasteiger partial charge in [-0.05, 0) is 30.9 Å². The van der Waals surface area contributed by atoms with E-state index in [2.05, 4.69) is 17.2 Å². The van der Waals surface area contributed by atoms with Gasteiger partial charge < -0.3 is 9.84 Å². The summed E-state index contributed by atoms with van der Waals surface area (Å²) >= 11 is 0. The zero-order valence-corrected chi connectivity index (χ0v) is 12.4. The molecule has 1 aromatic heterocycles. The van der Waals surface area contributed by atoms with Gasteiger partial charge in [-0.25, -0.2) is 0 Å². The lowest BCUT2D eigenvalue weighted by Crippen LogP contribution is -2.37. The summed E-state index contributed by atoms with van der Waals surface area (Å²) in [5.41, 5.74) is 2.22. The minimum Gasteiger partial charge on any atom is -0.392 e. The van der Waals surface area contributed by atoms with Crippen LogP contribution in [0.15, 0.2) is 42.6 Å². The van der Waals surface area contributed by atoms with Crippen molar-refractivity contribution in [3.05, 3.63) is 53.9 Å². The van der Waals surface area contributed by atoms with Gasteiger partial charge in [-0.1, -0.05) is 30.3 Å². The maximum absolute atomic E-state index is 10.4. The van der Waals surface area contributed by atoms with Crippen molar-refractivity contribution in [2.45, 2.75) is 44.0 Å². The highest BCUT2D eigenvalue weighted by atomic mass is 16.5. The van der Waals surface area contributed by atoms with E-state index >= 15 is 0 Å². The molecule has 0 aliphatic heterocycles. The second-order valence-corrected chi connectivity index (χ2v) is 5.74. The van der Waals surface area contributed by atoms with E-state index in [0.717, 1.165) is 25.0 Å². The van der Waals surface area contributed by atoms with E-state index in [1.165, 1.54) is 5.56 Å². The molecule has 3 rings (SSSR count). The maximum atomic E-state index is 10.4. The van der Waals surface area contributed by atoms with Crippen LogP contribution in [0.25, 0.3) is 0 Å². The fraction of sp³-hybridized carbons (Fsp3) is 0.471. The molecule has 4 nitrogen and oxygen atoms in total. The van der Waals surface area contributed by atoms with Crippen molar-refractivity contribution in [3.63, 3.8) is 0 Å². The molecule has 4 heteroatoms. The zero-order chi connectivity index (χ0) is 14.7. The van der Waals surface area contributed by atoms with Gasteiger partial charge in [0, 0.05) is 18.9 Å². The molecule has 0 radical (unpaired) electrons. The Morgan fingerprint density at radius 1 is 1.24 bits per heavy atom. The molecule has 1 saturated carbocycles.